The van der Waals surface area contributed by atoms with E-state index in [1.807, 2.05) is 31.2 Å². The molecule has 0 saturated carbocycles. The number of aryl methyl sites for hydroxylation is 1. The summed E-state index contributed by atoms with van der Waals surface area (Å²) in [6.45, 7) is 1.97. The fourth-order valence-electron chi connectivity index (χ4n) is 1.86. The first kappa shape index (κ1) is 12.1. The van der Waals surface area contributed by atoms with Gasteiger partial charge in [-0.05, 0) is 41.8 Å². The third kappa shape index (κ3) is 2.48. The lowest BCUT2D eigenvalue weighted by Gasteiger charge is -2.16. The molecular formula is C14H13ClFN. The highest BCUT2D eigenvalue weighted by atomic mass is 35.5. The molecule has 1 unspecified atom stereocenters. The number of rotatable bonds is 2. The van der Waals surface area contributed by atoms with E-state index in [9.17, 15) is 4.39 Å². The van der Waals surface area contributed by atoms with Crippen molar-refractivity contribution in [1.82, 2.24) is 0 Å². The lowest BCUT2D eigenvalue weighted by Crippen LogP contribution is -2.14. The van der Waals surface area contributed by atoms with E-state index >= 15 is 0 Å². The van der Waals surface area contributed by atoms with Crippen molar-refractivity contribution in [3.8, 4) is 0 Å². The second kappa shape index (κ2) is 4.86. The number of hydrogen-bond donors (Lipinski definition) is 1. The first-order valence-corrected chi connectivity index (χ1v) is 5.73. The van der Waals surface area contributed by atoms with E-state index in [1.54, 1.807) is 0 Å². The maximum absolute atomic E-state index is 13.2. The van der Waals surface area contributed by atoms with Gasteiger partial charge in [0.25, 0.3) is 0 Å². The van der Waals surface area contributed by atoms with Gasteiger partial charge in [0.2, 0.25) is 0 Å². The fraction of sp³-hybridized carbons (Fsp3) is 0.143. The van der Waals surface area contributed by atoms with Crippen molar-refractivity contribution in [3.63, 3.8) is 0 Å². The smallest absolute Gasteiger partial charge is 0.123 e. The number of nitrogens with two attached hydrogens (primary N) is 1. The third-order valence-electron chi connectivity index (χ3n) is 2.82. The molecule has 2 aromatic rings. The van der Waals surface area contributed by atoms with Gasteiger partial charge >= 0.3 is 0 Å². The monoisotopic (exact) mass is 249 g/mol. The average molecular weight is 250 g/mol. The molecule has 0 spiro atoms. The van der Waals surface area contributed by atoms with Crippen molar-refractivity contribution in [2.75, 3.05) is 0 Å². The van der Waals surface area contributed by atoms with Crippen LogP contribution in [-0.4, -0.2) is 0 Å². The average Bonchev–Trinajstić information content (AvgIpc) is 2.32. The lowest BCUT2D eigenvalue weighted by atomic mass is 9.96. The summed E-state index contributed by atoms with van der Waals surface area (Å²) in [7, 11) is 0. The molecule has 0 bridgehead atoms. The SMILES string of the molecule is Cc1ccccc1C(N)c1cc(F)ccc1Cl. The van der Waals surface area contributed by atoms with Crippen molar-refractivity contribution in [2.24, 2.45) is 5.73 Å². The Bertz CT molecular complexity index is 539. The molecule has 0 amide bonds. The predicted octanol–water partition coefficient (Wildman–Crippen LogP) is 3.84. The van der Waals surface area contributed by atoms with E-state index in [0.29, 0.717) is 10.6 Å². The topological polar surface area (TPSA) is 26.0 Å². The largest absolute Gasteiger partial charge is 0.320 e. The molecule has 0 radical (unpaired) electrons. The van der Waals surface area contributed by atoms with Crippen LogP contribution in [0.15, 0.2) is 42.5 Å². The molecule has 0 saturated heterocycles. The highest BCUT2D eigenvalue weighted by molar-refractivity contribution is 6.31. The zero-order chi connectivity index (χ0) is 12.4. The minimum Gasteiger partial charge on any atom is -0.320 e. The first-order valence-electron chi connectivity index (χ1n) is 5.35. The van der Waals surface area contributed by atoms with E-state index < -0.39 is 6.04 Å². The molecule has 0 aliphatic rings. The van der Waals surface area contributed by atoms with Gasteiger partial charge in [-0.3, -0.25) is 0 Å². The highest BCUT2D eigenvalue weighted by Crippen LogP contribution is 2.28. The molecule has 2 N–H and O–H groups in total. The Balaban J connectivity index is 2.47. The van der Waals surface area contributed by atoms with Crippen LogP contribution in [0.3, 0.4) is 0 Å². The van der Waals surface area contributed by atoms with Crippen LogP contribution in [0.2, 0.25) is 5.02 Å². The molecule has 0 heterocycles. The van der Waals surface area contributed by atoms with Gasteiger partial charge < -0.3 is 5.73 Å². The normalized spacial score (nSPS) is 12.5. The lowest BCUT2D eigenvalue weighted by molar-refractivity contribution is 0.623. The van der Waals surface area contributed by atoms with Gasteiger partial charge in [-0.1, -0.05) is 35.9 Å². The van der Waals surface area contributed by atoms with Crippen molar-refractivity contribution in [2.45, 2.75) is 13.0 Å². The first-order chi connectivity index (χ1) is 8.09. The second-order valence-electron chi connectivity index (χ2n) is 4.00. The summed E-state index contributed by atoms with van der Waals surface area (Å²) < 4.78 is 13.2. The molecule has 0 aliphatic carbocycles. The quantitative estimate of drug-likeness (QED) is 0.860. The molecule has 3 heteroatoms. The molecule has 88 valence electrons. The van der Waals surface area contributed by atoms with Gasteiger partial charge in [-0.15, -0.1) is 0 Å². The van der Waals surface area contributed by atoms with Crippen LogP contribution >= 0.6 is 11.6 Å². The van der Waals surface area contributed by atoms with Crippen LogP contribution in [0, 0.1) is 12.7 Å². The van der Waals surface area contributed by atoms with E-state index in [0.717, 1.165) is 11.1 Å². The summed E-state index contributed by atoms with van der Waals surface area (Å²) in [4.78, 5) is 0. The minimum atomic E-state index is -0.403. The fourth-order valence-corrected chi connectivity index (χ4v) is 2.09. The molecule has 17 heavy (non-hydrogen) atoms. The Kier molecular flexibility index (Phi) is 3.46. The van der Waals surface area contributed by atoms with E-state index in [1.165, 1.54) is 18.2 Å². The van der Waals surface area contributed by atoms with E-state index in [-0.39, 0.29) is 5.82 Å². The van der Waals surface area contributed by atoms with Gasteiger partial charge in [0.15, 0.2) is 0 Å². The predicted molar refractivity (Wildman–Crippen MR) is 68.6 cm³/mol. The molecule has 0 aromatic heterocycles. The van der Waals surface area contributed by atoms with Crippen LogP contribution in [0.5, 0.6) is 0 Å². The van der Waals surface area contributed by atoms with Crippen molar-refractivity contribution in [1.29, 1.82) is 0 Å². The zero-order valence-electron chi connectivity index (χ0n) is 9.45. The summed E-state index contributed by atoms with van der Waals surface area (Å²) in [5.41, 5.74) is 8.78. The molecule has 0 fully saturated rings. The van der Waals surface area contributed by atoms with Crippen molar-refractivity contribution in [3.05, 3.63) is 70.0 Å². The Morgan fingerprint density at radius 2 is 1.82 bits per heavy atom. The van der Waals surface area contributed by atoms with Gasteiger partial charge in [-0.2, -0.15) is 0 Å². The third-order valence-corrected chi connectivity index (χ3v) is 3.16. The van der Waals surface area contributed by atoms with Gasteiger partial charge in [0, 0.05) is 5.02 Å². The van der Waals surface area contributed by atoms with Crippen LogP contribution < -0.4 is 5.73 Å². The summed E-state index contributed by atoms with van der Waals surface area (Å²) in [5, 5.41) is 0.488. The molecule has 1 nitrogen and oxygen atoms in total. The van der Waals surface area contributed by atoms with Gasteiger partial charge in [0.1, 0.15) is 5.82 Å². The Morgan fingerprint density at radius 1 is 1.12 bits per heavy atom. The molecular weight excluding hydrogens is 237 g/mol. The van der Waals surface area contributed by atoms with E-state index in [2.05, 4.69) is 0 Å². The zero-order valence-corrected chi connectivity index (χ0v) is 10.2. The summed E-state index contributed by atoms with van der Waals surface area (Å²) in [6, 6.07) is 11.6. The summed E-state index contributed by atoms with van der Waals surface area (Å²) in [5.74, 6) is -0.326. The molecule has 2 rings (SSSR count). The Hall–Kier alpha value is -1.38. The Morgan fingerprint density at radius 3 is 2.53 bits per heavy atom. The molecule has 2 aromatic carbocycles. The number of hydrogen-bond acceptors (Lipinski definition) is 1. The van der Waals surface area contributed by atoms with E-state index in [4.69, 9.17) is 17.3 Å². The van der Waals surface area contributed by atoms with Crippen LogP contribution in [0.4, 0.5) is 4.39 Å². The van der Waals surface area contributed by atoms with Crippen LogP contribution in [-0.2, 0) is 0 Å². The Labute approximate surface area is 105 Å². The highest BCUT2D eigenvalue weighted by Gasteiger charge is 2.14. The van der Waals surface area contributed by atoms with Gasteiger partial charge in [0.05, 0.1) is 6.04 Å². The maximum Gasteiger partial charge on any atom is 0.123 e. The summed E-state index contributed by atoms with van der Waals surface area (Å²) in [6.07, 6.45) is 0. The van der Waals surface area contributed by atoms with Gasteiger partial charge in [-0.25, -0.2) is 4.39 Å². The molecule has 0 aliphatic heterocycles. The second-order valence-corrected chi connectivity index (χ2v) is 4.41. The van der Waals surface area contributed by atoms with Crippen LogP contribution in [0.1, 0.15) is 22.7 Å². The molecule has 1 atom stereocenters. The minimum absolute atomic E-state index is 0.326. The summed E-state index contributed by atoms with van der Waals surface area (Å²) >= 11 is 6.05. The standard InChI is InChI=1S/C14H13ClFN/c1-9-4-2-3-5-11(9)14(17)12-8-10(16)6-7-13(12)15/h2-8,14H,17H2,1H3. The number of halogens is 2. The van der Waals surface area contributed by atoms with Crippen molar-refractivity contribution >= 4 is 11.6 Å². The maximum atomic E-state index is 13.2. The van der Waals surface area contributed by atoms with Crippen molar-refractivity contribution < 1.29 is 4.39 Å². The number of benzene rings is 2. The van der Waals surface area contributed by atoms with Crippen LogP contribution in [0.25, 0.3) is 0 Å².